The number of aromatic nitrogens is 20. The van der Waals surface area contributed by atoms with Crippen LogP contribution in [0.3, 0.4) is 0 Å². The molecule has 38 nitrogen and oxygen atoms in total. The Morgan fingerprint density at radius 3 is 1.36 bits per heavy atom. The van der Waals surface area contributed by atoms with Crippen molar-refractivity contribution in [2.45, 2.75) is 153 Å². The van der Waals surface area contributed by atoms with Crippen molar-refractivity contribution >= 4 is 171 Å². The van der Waals surface area contributed by atoms with Crippen LogP contribution in [-0.4, -0.2) is 234 Å². The molecule has 0 radical (unpaired) electrons. The Labute approximate surface area is 815 Å². The molecule has 42 heteroatoms. The SMILES string of the molecule is CC(C)(C)OC(=O)N1CCC=C(c2nc[nH]c3cnc4nccc4c23)C1.CC(C)(C)OC(=O)N1CCCC(c2[nH]cnc3cnc4nccc4c23)C1.CO.Cc1ccc(S(=O)(=O)n2ccc3c4c(C5=CCCN(C(=O)OC(C)(C)C)C5)ncnc4cnc32)cc1.Cc1ccc(S(=O)(=O)n2ccc3c4c(Cl)ncnc4cnc32)cc1.N[N-]O.[Na+].c1cc2c(n1)ncc1nc[nH]c(C3CCCNC3)c12. The molecule has 2 saturated heterocycles. The second kappa shape index (κ2) is 42.6. The van der Waals surface area contributed by atoms with Gasteiger partial charge in [-0.25, -0.2) is 114 Å². The number of aryl methyl sites for hydroxylation is 2. The number of H-pyrrole nitrogens is 3. The fourth-order valence-electron chi connectivity index (χ4n) is 16.7. The van der Waals surface area contributed by atoms with Crippen molar-refractivity contribution in [3.63, 3.8) is 0 Å². The predicted molar refractivity (Wildman–Crippen MR) is 519 cm³/mol. The molecule has 3 amide bonds. The number of nitrogens with two attached hydrogens (primary N) is 1. The van der Waals surface area contributed by atoms with Crippen molar-refractivity contribution in [3.8, 4) is 0 Å². The number of piperidine rings is 2. The standard InChI is InChI=1S/C26H27N5O4S.C19H23N5O2.C19H21N5O2.C16H11ClN4O2S.C14H15N5.CH4O.H3N2O.Na/c1-17-7-9-19(10-8-17)36(33,34)31-13-11-20-22-21(14-27-24(20)31)28-16-29-23(22)18-6-5-12-30(15-18)25(32)35-26(2,3)4;2*1-19(2,3)26-18(25)24-8-4-5-12(10-24)16-15-13-6-7-20-17(13)21-9-14(15)22-11-23-16;1-10-2-4-11(5-3-10)24(22,23)21-7-6-12-14-13(8-18-16(12)21)19-9-20-15(14)17;1-2-9(6-15-4-1)13-12-10-3-5-16-14(10)17-7-11(12)18-8-19-13;1-2;1-2-3;/h6-11,13-14,16H,5,12,15H2,1-4H3;6-7,9,11-12H,4-5,8,10H2,1-3H3,(H,22,23);5-7,9,11H,4,8,10H2,1-3H3,(H,22,23);2-9H,1H3;3,5,7-9,15H,1-2,4,6H2,(H,18,19);2H,1H3;3H,1H2;/q;;;;;;-1;+1. The van der Waals surface area contributed by atoms with Crippen molar-refractivity contribution in [2.75, 3.05) is 59.5 Å². The molecular weight excluding hydrogens is 1820 g/mol. The third-order valence-electron chi connectivity index (χ3n) is 22.7. The number of aromatic amines is 3. The Morgan fingerprint density at radius 2 is 0.883 bits per heavy atom. The molecule has 21 rings (SSSR count). The van der Waals surface area contributed by atoms with Crippen molar-refractivity contribution in [2.24, 2.45) is 5.84 Å². The molecule has 0 aliphatic carbocycles. The average Bonchev–Trinajstić information content (AvgIpc) is 1.62. The van der Waals surface area contributed by atoms with Crippen LogP contribution in [0.25, 0.3) is 126 Å². The summed E-state index contributed by atoms with van der Waals surface area (Å²) < 4.78 is 71.6. The minimum absolute atomic E-state index is 0. The van der Waals surface area contributed by atoms with Crippen LogP contribution >= 0.6 is 11.6 Å². The molecule has 2 atom stereocenters. The summed E-state index contributed by atoms with van der Waals surface area (Å²) in [7, 11) is -6.60. The van der Waals surface area contributed by atoms with E-state index < -0.39 is 36.8 Å². The summed E-state index contributed by atoms with van der Waals surface area (Å²) in [6.07, 6.45) is 33.7. The van der Waals surface area contributed by atoms with E-state index >= 15 is 0 Å². The number of likely N-dealkylation sites (tertiary alicyclic amines) is 1. The number of hydrogen-bond donors (Lipinski definition) is 7. The Hall–Kier alpha value is -13.1. The Balaban J connectivity index is 0.000000137. The van der Waals surface area contributed by atoms with Gasteiger partial charge in [-0.1, -0.05) is 59.1 Å². The van der Waals surface area contributed by atoms with Crippen LogP contribution in [0.2, 0.25) is 5.15 Å². The first-order valence-electron chi connectivity index (χ1n) is 44.0. The number of rotatable bonds is 8. The predicted octanol–water partition coefficient (Wildman–Crippen LogP) is 13.1. The molecule has 0 spiro atoms. The van der Waals surface area contributed by atoms with E-state index in [0.29, 0.717) is 100 Å². The van der Waals surface area contributed by atoms with Gasteiger partial charge in [-0.2, -0.15) is 0 Å². The summed E-state index contributed by atoms with van der Waals surface area (Å²) in [4.78, 5) is 118. The van der Waals surface area contributed by atoms with Gasteiger partial charge in [0.25, 0.3) is 20.0 Å². The van der Waals surface area contributed by atoms with Crippen LogP contribution in [0.15, 0.2) is 194 Å². The quantitative estimate of drug-likeness (QED) is 0.0244. The molecule has 2 fully saturated rings. The molecule has 4 aliphatic rings. The van der Waals surface area contributed by atoms with Gasteiger partial charge < -0.3 is 70.9 Å². The van der Waals surface area contributed by atoms with Crippen LogP contribution < -0.4 is 40.7 Å². The molecule has 15 aromatic heterocycles. The molecule has 2 unspecified atom stereocenters. The Kier molecular flexibility index (Phi) is 31.1. The van der Waals surface area contributed by atoms with Crippen molar-refractivity contribution in [1.29, 1.82) is 0 Å². The summed E-state index contributed by atoms with van der Waals surface area (Å²) in [5.74, 6) is 4.74. The van der Waals surface area contributed by atoms with Crippen molar-refractivity contribution in [1.82, 2.24) is 118 Å². The number of nitrogens with one attached hydrogen (secondary N) is 4. The second-order valence-corrected chi connectivity index (χ2v) is 39.5. The van der Waals surface area contributed by atoms with Gasteiger partial charge in [-0.05, 0) is 187 Å². The number of carbonyl (C=O) groups is 3. The van der Waals surface area contributed by atoms with Gasteiger partial charge in [-0.15, -0.1) is 0 Å². The topological polar surface area (TPSA) is 500 Å². The fraction of sp³-hybridized carbons (Fsp3) is 0.326. The third kappa shape index (κ3) is 22.4. The van der Waals surface area contributed by atoms with Gasteiger partial charge in [0.2, 0.25) is 0 Å². The molecular formula is C95H104ClN26NaO12S2. The van der Waals surface area contributed by atoms with Gasteiger partial charge in [0, 0.05) is 143 Å². The van der Waals surface area contributed by atoms with E-state index in [-0.39, 0.29) is 68.7 Å². The maximum atomic E-state index is 13.4. The smallest absolute Gasteiger partial charge is 0.488 e. The van der Waals surface area contributed by atoms with Crippen molar-refractivity contribution < 1.29 is 85.3 Å². The molecule has 4 aliphatic heterocycles. The molecule has 137 heavy (non-hydrogen) atoms. The monoisotopic (exact) mass is 1920 g/mol. The van der Waals surface area contributed by atoms with E-state index in [1.54, 1.807) is 125 Å². The first kappa shape index (κ1) is 99.8. The molecule has 2 aromatic carbocycles. The van der Waals surface area contributed by atoms with Crippen molar-refractivity contribution in [3.05, 3.63) is 229 Å². The van der Waals surface area contributed by atoms with E-state index in [1.165, 1.54) is 59.1 Å². The van der Waals surface area contributed by atoms with E-state index in [0.717, 1.165) is 138 Å². The molecule has 17 aromatic rings. The van der Waals surface area contributed by atoms with E-state index in [1.807, 2.05) is 112 Å². The minimum Gasteiger partial charge on any atom is -0.488 e. The minimum atomic E-state index is -3.85. The number of aliphatic hydroxyl groups excluding tert-OH is 1. The maximum absolute atomic E-state index is 13.4. The number of carbonyl (C=O) groups excluding carboxylic acids is 3. The Morgan fingerprint density at radius 1 is 0.467 bits per heavy atom. The molecule has 0 saturated carbocycles. The van der Waals surface area contributed by atoms with Gasteiger partial charge in [0.1, 0.15) is 34.6 Å². The number of benzene rings is 2. The number of halogens is 1. The summed E-state index contributed by atoms with van der Waals surface area (Å²) >= 11 is 6.16. The van der Waals surface area contributed by atoms with Crippen LogP contribution in [0, 0.1) is 13.8 Å². The van der Waals surface area contributed by atoms with Crippen LogP contribution in [0.5, 0.6) is 0 Å². The number of nitrogens with zero attached hydrogens (tertiary/aromatic N) is 21. The normalized spacial score (nSPS) is 15.4. The average molecular weight is 1920 g/mol. The number of hydrogen-bond acceptors (Lipinski definition) is 29. The molecule has 19 heterocycles. The number of fused-ring (bicyclic) bond motifs is 15. The molecule has 0 bridgehead atoms. The fourth-order valence-corrected chi connectivity index (χ4v) is 19.5. The molecule has 706 valence electrons. The Bertz CT molecular complexity index is 7580. The van der Waals surface area contributed by atoms with Gasteiger partial charge in [0.05, 0.1) is 117 Å². The number of aliphatic hydroxyl groups is 1. The zero-order valence-electron chi connectivity index (χ0n) is 78.0. The molecule has 8 N–H and O–H groups in total. The zero-order chi connectivity index (χ0) is 96.5. The van der Waals surface area contributed by atoms with E-state index in [4.69, 9.17) is 36.1 Å². The van der Waals surface area contributed by atoms with E-state index in [2.05, 4.69) is 113 Å². The summed E-state index contributed by atoms with van der Waals surface area (Å²) in [6, 6.07) is 22.7. The van der Waals surface area contributed by atoms with Crippen LogP contribution in [-0.2, 0) is 34.3 Å². The summed E-state index contributed by atoms with van der Waals surface area (Å²) in [5, 5.41) is 26.4. The number of amides is 3. The zero-order valence-corrected chi connectivity index (χ0v) is 82.4. The van der Waals surface area contributed by atoms with Crippen LogP contribution in [0.4, 0.5) is 14.4 Å². The third-order valence-corrected chi connectivity index (χ3v) is 26.3. The summed E-state index contributed by atoms with van der Waals surface area (Å²) in [5.41, 5.74) is 14.7. The summed E-state index contributed by atoms with van der Waals surface area (Å²) in [6.45, 7) is 26.1. The second-order valence-electron chi connectivity index (χ2n) is 35.5. The van der Waals surface area contributed by atoms with Crippen LogP contribution in [0.1, 0.15) is 147 Å². The number of ether oxygens (including phenoxy) is 3. The van der Waals surface area contributed by atoms with Gasteiger partial charge in [0.15, 0.2) is 28.2 Å². The first-order valence-corrected chi connectivity index (χ1v) is 47.2. The number of pyridine rings is 5. The maximum Gasteiger partial charge on any atom is 1.00 e. The van der Waals surface area contributed by atoms with Gasteiger partial charge >= 0.3 is 47.8 Å². The first-order chi connectivity index (χ1) is 65.2. The largest absolute Gasteiger partial charge is 1.00 e. The van der Waals surface area contributed by atoms with E-state index in [9.17, 15) is 31.2 Å². The van der Waals surface area contributed by atoms with Gasteiger partial charge in [-0.3, -0.25) is 0 Å².